The van der Waals surface area contributed by atoms with Crippen LogP contribution in [0.5, 0.6) is 11.5 Å². The molecule has 0 unspecified atom stereocenters. The zero-order chi connectivity index (χ0) is 17.4. The van der Waals surface area contributed by atoms with Crippen molar-refractivity contribution in [2.24, 2.45) is 0 Å². The molecule has 0 saturated heterocycles. The highest BCUT2D eigenvalue weighted by Gasteiger charge is 2.26. The Morgan fingerprint density at radius 3 is 2.68 bits per heavy atom. The van der Waals surface area contributed by atoms with Crippen molar-refractivity contribution in [1.29, 1.82) is 0 Å². The van der Waals surface area contributed by atoms with E-state index in [4.69, 9.17) is 32.7 Å². The fraction of sp³-hybridized carbons (Fsp3) is 0.278. The van der Waals surface area contributed by atoms with E-state index in [1.54, 1.807) is 18.2 Å². The molecule has 2 N–H and O–H groups in total. The van der Waals surface area contributed by atoms with Crippen LogP contribution in [0.1, 0.15) is 16.7 Å². The summed E-state index contributed by atoms with van der Waals surface area (Å²) in [5, 5.41) is 6.34. The summed E-state index contributed by atoms with van der Waals surface area (Å²) in [6.45, 7) is 1.67. The molecule has 2 aliphatic heterocycles. The van der Waals surface area contributed by atoms with Crippen LogP contribution in [-0.4, -0.2) is 19.2 Å². The Balaban J connectivity index is 1.52. The van der Waals surface area contributed by atoms with Gasteiger partial charge in [0.05, 0.1) is 28.9 Å². The Kier molecular flexibility index (Phi) is 4.36. The Hall–Kier alpha value is -2.11. The monoisotopic (exact) mass is 378 g/mol. The molecule has 2 aromatic carbocycles. The largest absolute Gasteiger partial charge is 0.493 e. The van der Waals surface area contributed by atoms with Crippen LogP contribution in [0.2, 0.25) is 10.0 Å². The van der Waals surface area contributed by atoms with Gasteiger partial charge in [-0.2, -0.15) is 0 Å². The second-order valence-electron chi connectivity index (χ2n) is 5.92. The number of rotatable bonds is 3. The summed E-state index contributed by atoms with van der Waals surface area (Å²) in [6.07, 6.45) is 1.68. The van der Waals surface area contributed by atoms with Crippen molar-refractivity contribution in [2.75, 3.05) is 18.5 Å². The van der Waals surface area contributed by atoms with Crippen LogP contribution in [-0.2, 0) is 19.4 Å². The van der Waals surface area contributed by atoms with Gasteiger partial charge in [-0.15, -0.1) is 0 Å². The van der Waals surface area contributed by atoms with Gasteiger partial charge < -0.3 is 20.1 Å². The van der Waals surface area contributed by atoms with Crippen LogP contribution in [0.3, 0.4) is 0 Å². The fourth-order valence-corrected chi connectivity index (χ4v) is 3.71. The second-order valence-corrected chi connectivity index (χ2v) is 6.74. The average Bonchev–Trinajstić information content (AvgIpc) is 3.23. The highest BCUT2D eigenvalue weighted by atomic mass is 35.5. The smallest absolute Gasteiger partial charge is 0.319 e. The number of carbonyl (C=O) groups is 1. The maximum Gasteiger partial charge on any atom is 0.319 e. The van der Waals surface area contributed by atoms with E-state index in [0.717, 1.165) is 41.0 Å². The van der Waals surface area contributed by atoms with E-state index in [-0.39, 0.29) is 6.03 Å². The number of para-hydroxylation sites is 1. The van der Waals surface area contributed by atoms with Gasteiger partial charge >= 0.3 is 6.03 Å². The molecule has 130 valence electrons. The standard InChI is InChI=1S/C18H16Cl2N2O3/c19-13-2-1-3-14(20)16(13)22-18(23)21-9-12-11-5-7-24-15(11)8-10-4-6-25-17(10)12/h1-3,8H,4-7,9H2,(H2,21,22,23). The van der Waals surface area contributed by atoms with Crippen molar-refractivity contribution in [3.8, 4) is 11.5 Å². The van der Waals surface area contributed by atoms with E-state index in [1.165, 1.54) is 0 Å². The predicted molar refractivity (Wildman–Crippen MR) is 97.2 cm³/mol. The Morgan fingerprint density at radius 2 is 1.88 bits per heavy atom. The predicted octanol–water partition coefficient (Wildman–Crippen LogP) is 4.18. The molecule has 2 amide bonds. The lowest BCUT2D eigenvalue weighted by atomic mass is 9.99. The first-order valence-corrected chi connectivity index (χ1v) is 8.81. The van der Waals surface area contributed by atoms with Gasteiger partial charge in [0.2, 0.25) is 0 Å². The maximum atomic E-state index is 12.3. The number of ether oxygens (including phenoxy) is 2. The van der Waals surface area contributed by atoms with E-state index in [0.29, 0.717) is 35.5 Å². The van der Waals surface area contributed by atoms with Crippen molar-refractivity contribution in [1.82, 2.24) is 5.32 Å². The molecule has 0 saturated carbocycles. The quantitative estimate of drug-likeness (QED) is 0.841. The number of carbonyl (C=O) groups excluding carboxylic acids is 1. The van der Waals surface area contributed by atoms with Crippen LogP contribution in [0.4, 0.5) is 10.5 Å². The normalized spacial score (nSPS) is 14.3. The first-order chi connectivity index (χ1) is 12.1. The lowest BCUT2D eigenvalue weighted by Gasteiger charge is -2.15. The van der Waals surface area contributed by atoms with Crippen molar-refractivity contribution < 1.29 is 14.3 Å². The minimum absolute atomic E-state index is 0.350. The Bertz CT molecular complexity index is 802. The number of halogens is 2. The SMILES string of the molecule is O=C(NCc1c2c(cc3c1OCC3)OCC2)Nc1c(Cl)cccc1Cl. The molecule has 0 bridgehead atoms. The summed E-state index contributed by atoms with van der Waals surface area (Å²) in [6, 6.07) is 6.74. The molecule has 0 aliphatic carbocycles. The minimum atomic E-state index is -0.377. The van der Waals surface area contributed by atoms with Crippen molar-refractivity contribution in [3.05, 3.63) is 51.0 Å². The van der Waals surface area contributed by atoms with Gasteiger partial charge in [-0.1, -0.05) is 29.3 Å². The zero-order valence-electron chi connectivity index (χ0n) is 13.3. The minimum Gasteiger partial charge on any atom is -0.493 e. The molecule has 0 radical (unpaired) electrons. The molecule has 7 heteroatoms. The van der Waals surface area contributed by atoms with E-state index >= 15 is 0 Å². The average molecular weight is 379 g/mol. The number of benzene rings is 2. The van der Waals surface area contributed by atoms with Gasteiger partial charge in [-0.25, -0.2) is 4.79 Å². The number of nitrogens with one attached hydrogen (secondary N) is 2. The molecular weight excluding hydrogens is 363 g/mol. The highest BCUT2D eigenvalue weighted by Crippen LogP contribution is 2.40. The summed E-state index contributed by atoms with van der Waals surface area (Å²) >= 11 is 12.2. The van der Waals surface area contributed by atoms with Crippen molar-refractivity contribution >= 4 is 34.9 Å². The number of anilines is 1. The number of fused-ring (bicyclic) bond motifs is 2. The third-order valence-electron chi connectivity index (χ3n) is 4.39. The second kappa shape index (κ2) is 6.65. The van der Waals surface area contributed by atoms with Crippen molar-refractivity contribution in [3.63, 3.8) is 0 Å². The summed E-state index contributed by atoms with van der Waals surface area (Å²) in [4.78, 5) is 12.3. The molecule has 2 aliphatic rings. The number of hydrogen-bond donors (Lipinski definition) is 2. The molecule has 2 aromatic rings. The van der Waals surface area contributed by atoms with E-state index in [1.807, 2.05) is 0 Å². The van der Waals surface area contributed by atoms with Gasteiger partial charge in [0.1, 0.15) is 11.5 Å². The van der Waals surface area contributed by atoms with E-state index < -0.39 is 0 Å². The van der Waals surface area contributed by atoms with Gasteiger partial charge in [0.15, 0.2) is 0 Å². The summed E-state index contributed by atoms with van der Waals surface area (Å²) in [5.41, 5.74) is 3.62. The summed E-state index contributed by atoms with van der Waals surface area (Å²) in [7, 11) is 0. The molecule has 0 fully saturated rings. The molecule has 0 aromatic heterocycles. The van der Waals surface area contributed by atoms with Crippen LogP contribution in [0, 0.1) is 0 Å². The topological polar surface area (TPSA) is 59.6 Å². The van der Waals surface area contributed by atoms with Crippen molar-refractivity contribution in [2.45, 2.75) is 19.4 Å². The molecule has 2 heterocycles. The molecule has 0 spiro atoms. The number of hydrogen-bond acceptors (Lipinski definition) is 3. The van der Waals surface area contributed by atoms with Gasteiger partial charge in [0, 0.05) is 36.1 Å². The first-order valence-electron chi connectivity index (χ1n) is 8.05. The first kappa shape index (κ1) is 16.4. The van der Waals surface area contributed by atoms with Crippen LogP contribution < -0.4 is 20.1 Å². The molecule has 5 nitrogen and oxygen atoms in total. The third-order valence-corrected chi connectivity index (χ3v) is 5.02. The van der Waals surface area contributed by atoms with Crippen LogP contribution >= 0.6 is 23.2 Å². The lowest BCUT2D eigenvalue weighted by molar-refractivity contribution is 0.251. The van der Waals surface area contributed by atoms with Gasteiger partial charge in [-0.05, 0) is 18.2 Å². The lowest BCUT2D eigenvalue weighted by Crippen LogP contribution is -2.29. The fourth-order valence-electron chi connectivity index (χ4n) is 3.22. The molecule has 25 heavy (non-hydrogen) atoms. The summed E-state index contributed by atoms with van der Waals surface area (Å²) in [5.74, 6) is 1.77. The van der Waals surface area contributed by atoms with E-state index in [9.17, 15) is 4.79 Å². The Labute approximate surface area is 155 Å². The van der Waals surface area contributed by atoms with Crippen LogP contribution in [0.25, 0.3) is 0 Å². The third kappa shape index (κ3) is 3.10. The molecule has 0 atom stereocenters. The number of urea groups is 1. The van der Waals surface area contributed by atoms with Gasteiger partial charge in [0.25, 0.3) is 0 Å². The number of amides is 2. The van der Waals surface area contributed by atoms with Gasteiger partial charge in [-0.3, -0.25) is 0 Å². The highest BCUT2D eigenvalue weighted by molar-refractivity contribution is 6.39. The zero-order valence-corrected chi connectivity index (χ0v) is 14.8. The van der Waals surface area contributed by atoms with E-state index in [2.05, 4.69) is 16.7 Å². The summed E-state index contributed by atoms with van der Waals surface area (Å²) < 4.78 is 11.5. The Morgan fingerprint density at radius 1 is 1.12 bits per heavy atom. The maximum absolute atomic E-state index is 12.3. The molecular formula is C18H16Cl2N2O3. The molecule has 4 rings (SSSR count). The van der Waals surface area contributed by atoms with Crippen LogP contribution in [0.15, 0.2) is 24.3 Å².